The van der Waals surface area contributed by atoms with Crippen LogP contribution in [0.4, 0.5) is 4.79 Å². The SMILES string of the molecule is CC(C)(C)OC(=O)NC1CCC(C(=O)OCc2ccccc2)C1. The molecule has 0 aliphatic heterocycles. The minimum Gasteiger partial charge on any atom is -0.461 e. The minimum atomic E-state index is -0.517. The van der Waals surface area contributed by atoms with Crippen LogP contribution in [0, 0.1) is 5.92 Å². The fourth-order valence-corrected chi connectivity index (χ4v) is 2.65. The molecule has 1 fully saturated rings. The van der Waals surface area contributed by atoms with Gasteiger partial charge in [0.2, 0.25) is 0 Å². The molecule has 2 atom stereocenters. The summed E-state index contributed by atoms with van der Waals surface area (Å²) < 4.78 is 10.6. The van der Waals surface area contributed by atoms with Crippen LogP contribution in [0.15, 0.2) is 30.3 Å². The lowest BCUT2D eigenvalue weighted by molar-refractivity contribution is -0.149. The zero-order chi connectivity index (χ0) is 16.9. The van der Waals surface area contributed by atoms with Crippen LogP contribution in [-0.2, 0) is 20.9 Å². The zero-order valence-corrected chi connectivity index (χ0v) is 14.0. The van der Waals surface area contributed by atoms with E-state index in [0.717, 1.165) is 18.4 Å². The summed E-state index contributed by atoms with van der Waals surface area (Å²) in [6, 6.07) is 9.58. The van der Waals surface area contributed by atoms with Crippen molar-refractivity contribution < 1.29 is 19.1 Å². The number of amides is 1. The number of ether oxygens (including phenoxy) is 2. The molecule has 5 heteroatoms. The monoisotopic (exact) mass is 319 g/mol. The second kappa shape index (κ2) is 7.49. The summed E-state index contributed by atoms with van der Waals surface area (Å²) in [7, 11) is 0. The predicted molar refractivity (Wildman–Crippen MR) is 86.7 cm³/mol. The maximum atomic E-state index is 12.1. The van der Waals surface area contributed by atoms with Gasteiger partial charge in [-0.25, -0.2) is 4.79 Å². The molecule has 2 unspecified atom stereocenters. The number of alkyl carbamates (subject to hydrolysis) is 1. The molecule has 1 amide bonds. The molecule has 5 nitrogen and oxygen atoms in total. The average molecular weight is 319 g/mol. The second-order valence-electron chi connectivity index (χ2n) is 6.95. The molecule has 1 N–H and O–H groups in total. The fraction of sp³-hybridized carbons (Fsp3) is 0.556. The highest BCUT2D eigenvalue weighted by atomic mass is 16.6. The van der Waals surface area contributed by atoms with E-state index in [1.165, 1.54) is 0 Å². The van der Waals surface area contributed by atoms with E-state index in [2.05, 4.69) is 5.32 Å². The summed E-state index contributed by atoms with van der Waals surface area (Å²) in [5.74, 6) is -0.346. The standard InChI is InChI=1S/C18H25NO4/c1-18(2,3)23-17(21)19-15-10-9-14(11-15)16(20)22-12-13-7-5-4-6-8-13/h4-8,14-15H,9-12H2,1-3H3,(H,19,21). The highest BCUT2D eigenvalue weighted by molar-refractivity contribution is 5.73. The van der Waals surface area contributed by atoms with Crippen LogP contribution >= 0.6 is 0 Å². The Hall–Kier alpha value is -2.04. The van der Waals surface area contributed by atoms with E-state index in [-0.39, 0.29) is 17.9 Å². The van der Waals surface area contributed by atoms with Crippen molar-refractivity contribution in [3.8, 4) is 0 Å². The van der Waals surface area contributed by atoms with Crippen LogP contribution in [0.25, 0.3) is 0 Å². The molecular formula is C18H25NO4. The third-order valence-electron chi connectivity index (χ3n) is 3.71. The Kier molecular flexibility index (Phi) is 5.64. The summed E-state index contributed by atoms with van der Waals surface area (Å²) >= 11 is 0. The van der Waals surface area contributed by atoms with Gasteiger partial charge in [-0.15, -0.1) is 0 Å². The molecule has 2 rings (SSSR count). The van der Waals surface area contributed by atoms with E-state index in [1.54, 1.807) is 0 Å². The van der Waals surface area contributed by atoms with Gasteiger partial charge in [-0.3, -0.25) is 4.79 Å². The first kappa shape index (κ1) is 17.3. The molecule has 1 aliphatic carbocycles. The Bertz CT molecular complexity index is 536. The Morgan fingerprint density at radius 1 is 1.17 bits per heavy atom. The van der Waals surface area contributed by atoms with Gasteiger partial charge < -0.3 is 14.8 Å². The van der Waals surface area contributed by atoms with E-state index in [9.17, 15) is 9.59 Å². The predicted octanol–water partition coefficient (Wildman–Crippen LogP) is 3.42. The lowest BCUT2D eigenvalue weighted by Gasteiger charge is -2.21. The van der Waals surface area contributed by atoms with Crippen LogP contribution in [0.5, 0.6) is 0 Å². The van der Waals surface area contributed by atoms with Gasteiger partial charge in [0.25, 0.3) is 0 Å². The van der Waals surface area contributed by atoms with Crippen molar-refractivity contribution in [2.24, 2.45) is 5.92 Å². The summed E-state index contributed by atoms with van der Waals surface area (Å²) in [6.45, 7) is 5.77. The largest absolute Gasteiger partial charge is 0.461 e. The highest BCUT2D eigenvalue weighted by Gasteiger charge is 2.32. The number of rotatable bonds is 4. The average Bonchev–Trinajstić information content (AvgIpc) is 2.92. The van der Waals surface area contributed by atoms with E-state index >= 15 is 0 Å². The molecule has 23 heavy (non-hydrogen) atoms. The summed E-state index contributed by atoms with van der Waals surface area (Å²) in [6.07, 6.45) is 1.67. The molecule has 0 bridgehead atoms. The minimum absolute atomic E-state index is 0.0286. The first-order valence-electron chi connectivity index (χ1n) is 8.03. The molecule has 0 spiro atoms. The van der Waals surface area contributed by atoms with Gasteiger partial charge in [-0.2, -0.15) is 0 Å². The number of benzene rings is 1. The van der Waals surface area contributed by atoms with Crippen molar-refractivity contribution in [1.82, 2.24) is 5.32 Å². The molecule has 0 heterocycles. The summed E-state index contributed by atoms with van der Waals surface area (Å²) in [4.78, 5) is 23.9. The van der Waals surface area contributed by atoms with Crippen molar-refractivity contribution >= 4 is 12.1 Å². The van der Waals surface area contributed by atoms with Crippen LogP contribution in [0.1, 0.15) is 45.6 Å². The van der Waals surface area contributed by atoms with Gasteiger partial charge in [0, 0.05) is 6.04 Å². The highest BCUT2D eigenvalue weighted by Crippen LogP contribution is 2.27. The summed E-state index contributed by atoms with van der Waals surface area (Å²) in [5.41, 5.74) is 0.457. The van der Waals surface area contributed by atoms with Crippen LogP contribution in [0.2, 0.25) is 0 Å². The molecule has 1 saturated carbocycles. The molecule has 1 aliphatic rings. The Morgan fingerprint density at radius 2 is 1.87 bits per heavy atom. The van der Waals surface area contributed by atoms with Gasteiger partial charge in [0.05, 0.1) is 5.92 Å². The van der Waals surface area contributed by atoms with E-state index in [0.29, 0.717) is 13.0 Å². The number of esters is 1. The van der Waals surface area contributed by atoms with E-state index in [4.69, 9.17) is 9.47 Å². The van der Waals surface area contributed by atoms with E-state index in [1.807, 2.05) is 51.1 Å². The van der Waals surface area contributed by atoms with Gasteiger partial charge in [0.15, 0.2) is 0 Å². The quantitative estimate of drug-likeness (QED) is 0.864. The maximum Gasteiger partial charge on any atom is 0.407 e. The molecule has 1 aromatic carbocycles. The van der Waals surface area contributed by atoms with Gasteiger partial charge in [-0.05, 0) is 45.6 Å². The first-order chi connectivity index (χ1) is 10.8. The molecule has 1 aromatic rings. The van der Waals surface area contributed by atoms with Crippen LogP contribution in [-0.4, -0.2) is 23.7 Å². The number of hydrogen-bond acceptors (Lipinski definition) is 4. The summed E-state index contributed by atoms with van der Waals surface area (Å²) in [5, 5.41) is 2.83. The Morgan fingerprint density at radius 3 is 2.52 bits per heavy atom. The Labute approximate surface area is 137 Å². The topological polar surface area (TPSA) is 64.6 Å². The first-order valence-corrected chi connectivity index (χ1v) is 8.03. The van der Waals surface area contributed by atoms with Crippen molar-refractivity contribution in [1.29, 1.82) is 0 Å². The number of nitrogens with one attached hydrogen (secondary N) is 1. The van der Waals surface area contributed by atoms with Crippen LogP contribution < -0.4 is 5.32 Å². The zero-order valence-electron chi connectivity index (χ0n) is 14.0. The number of carbonyl (C=O) groups excluding carboxylic acids is 2. The third-order valence-corrected chi connectivity index (χ3v) is 3.71. The normalized spacial score (nSPS) is 20.8. The molecule has 0 aromatic heterocycles. The smallest absolute Gasteiger partial charge is 0.407 e. The van der Waals surface area contributed by atoms with E-state index < -0.39 is 11.7 Å². The van der Waals surface area contributed by atoms with Crippen molar-refractivity contribution in [2.45, 2.75) is 58.3 Å². The molecule has 0 saturated heterocycles. The lowest BCUT2D eigenvalue weighted by atomic mass is 10.1. The van der Waals surface area contributed by atoms with Crippen molar-refractivity contribution in [2.75, 3.05) is 0 Å². The number of hydrogen-bond donors (Lipinski definition) is 1. The van der Waals surface area contributed by atoms with Crippen molar-refractivity contribution in [3.63, 3.8) is 0 Å². The van der Waals surface area contributed by atoms with Gasteiger partial charge in [-0.1, -0.05) is 30.3 Å². The van der Waals surface area contributed by atoms with Gasteiger partial charge in [0.1, 0.15) is 12.2 Å². The maximum absolute atomic E-state index is 12.1. The molecular weight excluding hydrogens is 294 g/mol. The lowest BCUT2D eigenvalue weighted by Crippen LogP contribution is -2.38. The fourth-order valence-electron chi connectivity index (χ4n) is 2.65. The molecule has 0 radical (unpaired) electrons. The third kappa shape index (κ3) is 5.93. The van der Waals surface area contributed by atoms with Crippen molar-refractivity contribution in [3.05, 3.63) is 35.9 Å². The van der Waals surface area contributed by atoms with Crippen LogP contribution in [0.3, 0.4) is 0 Å². The Balaban J connectivity index is 1.74. The second-order valence-corrected chi connectivity index (χ2v) is 6.95. The van der Waals surface area contributed by atoms with Gasteiger partial charge >= 0.3 is 12.1 Å². The number of carbonyl (C=O) groups is 2. The molecule has 126 valence electrons.